The zero-order valence-electron chi connectivity index (χ0n) is 10.5. The molecule has 1 aromatic carbocycles. The lowest BCUT2D eigenvalue weighted by atomic mass is 10.0. The Labute approximate surface area is 109 Å². The van der Waals surface area contributed by atoms with E-state index in [1.807, 2.05) is 0 Å². The molecule has 1 aromatic heterocycles. The fraction of sp³-hybridized carbons (Fsp3) is 0.143. The molecule has 2 aromatic rings. The van der Waals surface area contributed by atoms with Crippen molar-refractivity contribution in [3.05, 3.63) is 41.8 Å². The minimum absolute atomic E-state index is 0.298. The molecule has 0 aliphatic rings. The van der Waals surface area contributed by atoms with Crippen molar-refractivity contribution in [1.29, 1.82) is 0 Å². The SMILES string of the molecule is COc1cc(C=O)cc(-c2cc(OC)ncc2F)c1. The quantitative estimate of drug-likeness (QED) is 0.794. The number of benzene rings is 1. The minimum atomic E-state index is -0.495. The van der Waals surface area contributed by atoms with Crippen LogP contribution in [0.4, 0.5) is 4.39 Å². The number of aldehydes is 1. The van der Waals surface area contributed by atoms with Crippen LogP contribution in [-0.4, -0.2) is 25.5 Å². The fourth-order valence-corrected chi connectivity index (χ4v) is 1.72. The van der Waals surface area contributed by atoms with E-state index < -0.39 is 5.82 Å². The van der Waals surface area contributed by atoms with Crippen molar-refractivity contribution in [3.8, 4) is 22.8 Å². The maximum atomic E-state index is 13.8. The molecule has 4 nitrogen and oxygen atoms in total. The van der Waals surface area contributed by atoms with Gasteiger partial charge in [0.15, 0.2) is 0 Å². The molecule has 0 fully saturated rings. The molecule has 0 saturated carbocycles. The third-order valence-electron chi connectivity index (χ3n) is 2.65. The normalized spacial score (nSPS) is 10.1. The van der Waals surface area contributed by atoms with Crippen molar-refractivity contribution >= 4 is 6.29 Å². The Kier molecular flexibility index (Phi) is 3.75. The van der Waals surface area contributed by atoms with Gasteiger partial charge >= 0.3 is 0 Å². The fourth-order valence-electron chi connectivity index (χ4n) is 1.72. The number of carbonyl (C=O) groups excluding carboxylic acids is 1. The second-order valence-corrected chi connectivity index (χ2v) is 3.82. The minimum Gasteiger partial charge on any atom is -0.497 e. The van der Waals surface area contributed by atoms with Gasteiger partial charge in [-0.2, -0.15) is 0 Å². The van der Waals surface area contributed by atoms with Crippen LogP contribution in [0.25, 0.3) is 11.1 Å². The highest BCUT2D eigenvalue weighted by molar-refractivity contribution is 5.80. The maximum absolute atomic E-state index is 13.8. The number of halogens is 1. The number of ether oxygens (including phenoxy) is 2. The summed E-state index contributed by atoms with van der Waals surface area (Å²) in [7, 11) is 2.93. The summed E-state index contributed by atoms with van der Waals surface area (Å²) in [5, 5.41) is 0. The molecule has 5 heteroatoms. The monoisotopic (exact) mass is 261 g/mol. The first-order valence-electron chi connectivity index (χ1n) is 5.52. The zero-order chi connectivity index (χ0) is 13.8. The van der Waals surface area contributed by atoms with Gasteiger partial charge in [-0.1, -0.05) is 0 Å². The molecule has 0 N–H and O–H groups in total. The molecular weight excluding hydrogens is 249 g/mol. The van der Waals surface area contributed by atoms with Gasteiger partial charge in [-0.15, -0.1) is 0 Å². The Hall–Kier alpha value is -2.43. The van der Waals surface area contributed by atoms with E-state index in [1.54, 1.807) is 18.2 Å². The Morgan fingerprint density at radius 1 is 1.16 bits per heavy atom. The Balaban J connectivity index is 2.60. The summed E-state index contributed by atoms with van der Waals surface area (Å²) in [6, 6.07) is 6.27. The van der Waals surface area contributed by atoms with Crippen LogP contribution < -0.4 is 9.47 Å². The molecule has 1 heterocycles. The van der Waals surface area contributed by atoms with Crippen LogP contribution in [0.5, 0.6) is 11.6 Å². The average molecular weight is 261 g/mol. The van der Waals surface area contributed by atoms with Crippen LogP contribution in [0, 0.1) is 5.82 Å². The van der Waals surface area contributed by atoms with Gasteiger partial charge in [0.1, 0.15) is 17.9 Å². The van der Waals surface area contributed by atoms with Gasteiger partial charge in [0, 0.05) is 17.2 Å². The van der Waals surface area contributed by atoms with Gasteiger partial charge in [-0.05, 0) is 23.8 Å². The standard InChI is InChI=1S/C14H12FNO3/c1-18-11-4-9(8-17)3-10(5-11)12-6-14(19-2)16-7-13(12)15/h3-8H,1-2H3. The third kappa shape index (κ3) is 2.70. The van der Waals surface area contributed by atoms with E-state index in [-0.39, 0.29) is 0 Å². The molecule has 0 spiro atoms. The van der Waals surface area contributed by atoms with Gasteiger partial charge < -0.3 is 9.47 Å². The van der Waals surface area contributed by atoms with Crippen LogP contribution >= 0.6 is 0 Å². The Morgan fingerprint density at radius 2 is 1.95 bits per heavy atom. The van der Waals surface area contributed by atoms with E-state index >= 15 is 0 Å². The predicted octanol–water partition coefficient (Wildman–Crippen LogP) is 2.72. The Bertz CT molecular complexity index is 614. The molecule has 0 aliphatic carbocycles. The van der Waals surface area contributed by atoms with Crippen molar-refractivity contribution < 1.29 is 18.7 Å². The van der Waals surface area contributed by atoms with Crippen molar-refractivity contribution in [2.75, 3.05) is 14.2 Å². The van der Waals surface area contributed by atoms with Crippen LogP contribution in [0.15, 0.2) is 30.5 Å². The average Bonchev–Trinajstić information content (AvgIpc) is 2.47. The highest BCUT2D eigenvalue weighted by Crippen LogP contribution is 2.29. The molecule has 0 amide bonds. The summed E-state index contributed by atoms with van der Waals surface area (Å²) in [4.78, 5) is 14.6. The van der Waals surface area contributed by atoms with Crippen molar-refractivity contribution in [2.45, 2.75) is 0 Å². The number of carbonyl (C=O) groups is 1. The van der Waals surface area contributed by atoms with Crippen molar-refractivity contribution in [2.24, 2.45) is 0 Å². The summed E-state index contributed by atoms with van der Waals surface area (Å²) < 4.78 is 23.9. The molecule has 0 radical (unpaired) electrons. The smallest absolute Gasteiger partial charge is 0.213 e. The Morgan fingerprint density at radius 3 is 2.58 bits per heavy atom. The number of hydrogen-bond donors (Lipinski definition) is 0. The first-order valence-corrected chi connectivity index (χ1v) is 5.52. The number of methoxy groups -OCH3 is 2. The van der Waals surface area contributed by atoms with E-state index in [9.17, 15) is 9.18 Å². The van der Waals surface area contributed by atoms with Crippen LogP contribution in [0.1, 0.15) is 10.4 Å². The number of rotatable bonds is 4. The topological polar surface area (TPSA) is 48.4 Å². The highest BCUT2D eigenvalue weighted by Gasteiger charge is 2.10. The maximum Gasteiger partial charge on any atom is 0.213 e. The molecule has 98 valence electrons. The first-order chi connectivity index (χ1) is 9.17. The number of nitrogens with zero attached hydrogens (tertiary/aromatic N) is 1. The van der Waals surface area contributed by atoms with E-state index in [0.717, 1.165) is 6.20 Å². The lowest BCUT2D eigenvalue weighted by Crippen LogP contribution is -1.94. The van der Waals surface area contributed by atoms with Crippen molar-refractivity contribution in [1.82, 2.24) is 4.98 Å². The second-order valence-electron chi connectivity index (χ2n) is 3.82. The van der Waals surface area contributed by atoms with Gasteiger partial charge in [-0.25, -0.2) is 9.37 Å². The molecule has 0 unspecified atom stereocenters. The second kappa shape index (κ2) is 5.48. The summed E-state index contributed by atoms with van der Waals surface area (Å²) in [6.07, 6.45) is 1.76. The molecular formula is C14H12FNO3. The lowest BCUT2D eigenvalue weighted by molar-refractivity contribution is 0.112. The van der Waals surface area contributed by atoms with Gasteiger partial charge in [0.05, 0.1) is 20.4 Å². The molecule has 0 saturated heterocycles. The van der Waals surface area contributed by atoms with Gasteiger partial charge in [-0.3, -0.25) is 4.79 Å². The first kappa shape index (κ1) is 13.0. The summed E-state index contributed by atoms with van der Waals surface area (Å²) in [6.45, 7) is 0. The number of pyridine rings is 1. The number of hydrogen-bond acceptors (Lipinski definition) is 4. The van der Waals surface area contributed by atoms with E-state index in [0.29, 0.717) is 34.6 Å². The molecule has 2 rings (SSSR count). The zero-order valence-corrected chi connectivity index (χ0v) is 10.5. The molecule has 0 bridgehead atoms. The predicted molar refractivity (Wildman–Crippen MR) is 68.1 cm³/mol. The lowest BCUT2D eigenvalue weighted by Gasteiger charge is -2.08. The van der Waals surface area contributed by atoms with E-state index in [1.165, 1.54) is 20.3 Å². The summed E-state index contributed by atoms with van der Waals surface area (Å²) >= 11 is 0. The van der Waals surface area contributed by atoms with Crippen LogP contribution in [0.2, 0.25) is 0 Å². The van der Waals surface area contributed by atoms with E-state index in [4.69, 9.17) is 9.47 Å². The number of aromatic nitrogens is 1. The highest BCUT2D eigenvalue weighted by atomic mass is 19.1. The largest absolute Gasteiger partial charge is 0.497 e. The third-order valence-corrected chi connectivity index (χ3v) is 2.65. The van der Waals surface area contributed by atoms with Gasteiger partial charge in [0.25, 0.3) is 0 Å². The van der Waals surface area contributed by atoms with Crippen LogP contribution in [-0.2, 0) is 0 Å². The molecule has 0 atom stereocenters. The molecule has 19 heavy (non-hydrogen) atoms. The van der Waals surface area contributed by atoms with Crippen molar-refractivity contribution in [3.63, 3.8) is 0 Å². The molecule has 0 aliphatic heterocycles. The van der Waals surface area contributed by atoms with Crippen LogP contribution in [0.3, 0.4) is 0 Å². The van der Waals surface area contributed by atoms with E-state index in [2.05, 4.69) is 4.98 Å². The summed E-state index contributed by atoms with van der Waals surface area (Å²) in [5.41, 5.74) is 1.23. The van der Waals surface area contributed by atoms with Gasteiger partial charge in [0.2, 0.25) is 5.88 Å². The summed E-state index contributed by atoms with van der Waals surface area (Å²) in [5.74, 6) is 0.285.